The summed E-state index contributed by atoms with van der Waals surface area (Å²) in [6.45, 7) is 0.652. The lowest BCUT2D eigenvalue weighted by molar-refractivity contribution is 0.475. The second-order valence-corrected chi connectivity index (χ2v) is 5.40. The summed E-state index contributed by atoms with van der Waals surface area (Å²) in [5.74, 6) is 1.01. The molecule has 1 aromatic carbocycles. The van der Waals surface area contributed by atoms with Crippen molar-refractivity contribution in [2.45, 2.75) is 6.54 Å². The number of phenols is 1. The van der Waals surface area contributed by atoms with E-state index in [1.54, 1.807) is 29.0 Å². The molecule has 0 saturated carbocycles. The van der Waals surface area contributed by atoms with Crippen molar-refractivity contribution in [1.82, 2.24) is 19.6 Å². The summed E-state index contributed by atoms with van der Waals surface area (Å²) >= 11 is 0. The van der Waals surface area contributed by atoms with Crippen LogP contribution in [0.1, 0.15) is 5.56 Å². The monoisotopic (exact) mass is 317 g/mol. The van der Waals surface area contributed by atoms with Crippen molar-refractivity contribution in [2.24, 2.45) is 0 Å². The van der Waals surface area contributed by atoms with E-state index < -0.39 is 0 Å². The maximum absolute atomic E-state index is 9.44. The molecular weight excluding hydrogens is 302 g/mol. The lowest BCUT2D eigenvalue weighted by Crippen LogP contribution is -2.03. The zero-order valence-corrected chi connectivity index (χ0v) is 12.8. The molecule has 6 nitrogen and oxygen atoms in total. The third-order valence-corrected chi connectivity index (χ3v) is 3.74. The van der Waals surface area contributed by atoms with Crippen LogP contribution in [0.4, 0.5) is 5.82 Å². The third kappa shape index (κ3) is 2.77. The first-order chi connectivity index (χ1) is 11.8. The average molecular weight is 317 g/mol. The quantitative estimate of drug-likeness (QED) is 0.605. The molecule has 24 heavy (non-hydrogen) atoms. The number of anilines is 1. The minimum Gasteiger partial charge on any atom is -0.508 e. The highest BCUT2D eigenvalue weighted by Gasteiger charge is 2.09. The van der Waals surface area contributed by atoms with Crippen molar-refractivity contribution in [3.63, 3.8) is 0 Å². The Morgan fingerprint density at radius 2 is 1.92 bits per heavy atom. The Kier molecular flexibility index (Phi) is 3.55. The molecular formula is C18H15N5O. The number of benzene rings is 1. The molecule has 3 aromatic heterocycles. The zero-order valence-electron chi connectivity index (χ0n) is 12.8. The van der Waals surface area contributed by atoms with E-state index in [1.807, 2.05) is 42.7 Å². The molecule has 0 amide bonds. The van der Waals surface area contributed by atoms with Gasteiger partial charge in [-0.15, -0.1) is 0 Å². The fourth-order valence-corrected chi connectivity index (χ4v) is 2.51. The molecule has 0 atom stereocenters. The van der Waals surface area contributed by atoms with Crippen LogP contribution in [0.15, 0.2) is 67.3 Å². The van der Waals surface area contributed by atoms with Crippen LogP contribution in [0, 0.1) is 0 Å². The van der Waals surface area contributed by atoms with Crippen LogP contribution in [-0.2, 0) is 6.54 Å². The van der Waals surface area contributed by atoms with Crippen molar-refractivity contribution in [3.05, 3.63) is 72.8 Å². The average Bonchev–Trinajstić information content (AvgIpc) is 3.05. The number of hydrogen-bond donors (Lipinski definition) is 2. The highest BCUT2D eigenvalue weighted by molar-refractivity contribution is 5.77. The van der Waals surface area contributed by atoms with Crippen LogP contribution in [0.2, 0.25) is 0 Å². The topological polar surface area (TPSA) is 75.3 Å². The number of phenolic OH excluding ortho intramolecular Hbond substituents is 1. The summed E-state index contributed by atoms with van der Waals surface area (Å²) in [6, 6.07) is 12.8. The number of fused-ring (bicyclic) bond motifs is 1. The Morgan fingerprint density at radius 1 is 1.04 bits per heavy atom. The minimum absolute atomic E-state index is 0.238. The number of pyridine rings is 1. The number of aromatic hydroxyl groups is 1. The normalized spacial score (nSPS) is 10.8. The predicted molar refractivity (Wildman–Crippen MR) is 91.7 cm³/mol. The van der Waals surface area contributed by atoms with Gasteiger partial charge in [-0.3, -0.25) is 4.98 Å². The first-order valence-corrected chi connectivity index (χ1v) is 7.56. The minimum atomic E-state index is 0.238. The van der Waals surface area contributed by atoms with Gasteiger partial charge in [0.05, 0.1) is 6.20 Å². The summed E-state index contributed by atoms with van der Waals surface area (Å²) in [5.41, 5.74) is 3.73. The van der Waals surface area contributed by atoms with Gasteiger partial charge in [0.2, 0.25) is 0 Å². The van der Waals surface area contributed by atoms with Crippen molar-refractivity contribution in [3.8, 4) is 16.9 Å². The van der Waals surface area contributed by atoms with E-state index in [2.05, 4.69) is 20.4 Å². The number of aromatic nitrogens is 4. The Morgan fingerprint density at radius 3 is 2.71 bits per heavy atom. The SMILES string of the molecule is Oc1ccc(-c2cnn3ccc(NCc4cccnc4)nc23)cc1. The van der Waals surface area contributed by atoms with Gasteiger partial charge in [-0.1, -0.05) is 18.2 Å². The Bertz CT molecular complexity index is 964. The van der Waals surface area contributed by atoms with Crippen LogP contribution in [0.25, 0.3) is 16.8 Å². The molecule has 0 aliphatic carbocycles. The number of rotatable bonds is 4. The molecule has 2 N–H and O–H groups in total. The van der Waals surface area contributed by atoms with E-state index in [-0.39, 0.29) is 5.75 Å². The van der Waals surface area contributed by atoms with E-state index in [1.165, 1.54) is 0 Å². The van der Waals surface area contributed by atoms with E-state index in [4.69, 9.17) is 0 Å². The van der Waals surface area contributed by atoms with E-state index in [0.717, 1.165) is 28.2 Å². The van der Waals surface area contributed by atoms with Crippen molar-refractivity contribution < 1.29 is 5.11 Å². The Hall–Kier alpha value is -3.41. The molecule has 0 fully saturated rings. The lowest BCUT2D eigenvalue weighted by atomic mass is 10.1. The zero-order chi connectivity index (χ0) is 16.4. The second kappa shape index (κ2) is 6.00. The molecule has 0 aliphatic rings. The fourth-order valence-electron chi connectivity index (χ4n) is 2.51. The summed E-state index contributed by atoms with van der Waals surface area (Å²) < 4.78 is 1.73. The first-order valence-electron chi connectivity index (χ1n) is 7.56. The molecule has 3 heterocycles. The molecule has 118 valence electrons. The Balaban J connectivity index is 1.64. The summed E-state index contributed by atoms with van der Waals surface area (Å²) in [4.78, 5) is 8.76. The van der Waals surface area contributed by atoms with E-state index >= 15 is 0 Å². The fraction of sp³-hybridized carbons (Fsp3) is 0.0556. The molecule has 4 rings (SSSR count). The van der Waals surface area contributed by atoms with Gasteiger partial charge in [-0.2, -0.15) is 5.10 Å². The Labute approximate surface area is 138 Å². The number of nitrogens with zero attached hydrogens (tertiary/aromatic N) is 4. The highest BCUT2D eigenvalue weighted by atomic mass is 16.3. The standard InChI is InChI=1S/C18H15N5O/c24-15-5-3-14(4-6-15)16-12-21-23-9-7-17(22-18(16)23)20-11-13-2-1-8-19-10-13/h1-10,12,24H,11H2,(H,20,22). The van der Waals surface area contributed by atoms with Crippen LogP contribution < -0.4 is 5.32 Å². The summed E-state index contributed by atoms with van der Waals surface area (Å²) in [6.07, 6.45) is 7.23. The van der Waals surface area contributed by atoms with Gasteiger partial charge in [-0.25, -0.2) is 9.50 Å². The van der Waals surface area contributed by atoms with Gasteiger partial charge in [0.15, 0.2) is 5.65 Å². The van der Waals surface area contributed by atoms with Gasteiger partial charge in [0, 0.05) is 30.7 Å². The molecule has 6 heteroatoms. The molecule has 0 aliphatic heterocycles. The highest BCUT2D eigenvalue weighted by Crippen LogP contribution is 2.25. The summed E-state index contributed by atoms with van der Waals surface area (Å²) in [7, 11) is 0. The van der Waals surface area contributed by atoms with E-state index in [0.29, 0.717) is 6.54 Å². The number of nitrogens with one attached hydrogen (secondary N) is 1. The molecule has 0 radical (unpaired) electrons. The molecule has 0 unspecified atom stereocenters. The molecule has 0 spiro atoms. The largest absolute Gasteiger partial charge is 0.508 e. The smallest absolute Gasteiger partial charge is 0.165 e. The number of hydrogen-bond acceptors (Lipinski definition) is 5. The third-order valence-electron chi connectivity index (χ3n) is 3.74. The van der Waals surface area contributed by atoms with E-state index in [9.17, 15) is 5.11 Å². The summed E-state index contributed by atoms with van der Waals surface area (Å²) in [5, 5.41) is 17.1. The van der Waals surface area contributed by atoms with Gasteiger partial charge >= 0.3 is 0 Å². The van der Waals surface area contributed by atoms with Gasteiger partial charge < -0.3 is 10.4 Å². The molecule has 0 saturated heterocycles. The van der Waals surface area contributed by atoms with Crippen molar-refractivity contribution >= 4 is 11.5 Å². The van der Waals surface area contributed by atoms with Gasteiger partial charge in [0.25, 0.3) is 0 Å². The van der Waals surface area contributed by atoms with Gasteiger partial charge in [0.1, 0.15) is 11.6 Å². The molecule has 0 bridgehead atoms. The maximum Gasteiger partial charge on any atom is 0.165 e. The second-order valence-electron chi connectivity index (χ2n) is 5.40. The van der Waals surface area contributed by atoms with Crippen LogP contribution in [-0.4, -0.2) is 24.7 Å². The van der Waals surface area contributed by atoms with Crippen molar-refractivity contribution in [1.29, 1.82) is 0 Å². The van der Waals surface area contributed by atoms with Crippen LogP contribution in [0.5, 0.6) is 5.75 Å². The van der Waals surface area contributed by atoms with Crippen LogP contribution in [0.3, 0.4) is 0 Å². The first kappa shape index (κ1) is 14.2. The molecule has 4 aromatic rings. The predicted octanol–water partition coefficient (Wildman–Crippen LogP) is 3.11. The lowest BCUT2D eigenvalue weighted by Gasteiger charge is -2.06. The maximum atomic E-state index is 9.44. The van der Waals surface area contributed by atoms with Crippen molar-refractivity contribution in [2.75, 3.05) is 5.32 Å². The van der Waals surface area contributed by atoms with Crippen LogP contribution >= 0.6 is 0 Å². The van der Waals surface area contributed by atoms with Gasteiger partial charge in [-0.05, 0) is 35.4 Å².